The highest BCUT2D eigenvalue weighted by molar-refractivity contribution is 5.79. The van der Waals surface area contributed by atoms with E-state index in [0.29, 0.717) is 35.0 Å². The Kier molecular flexibility index (Phi) is 6.77. The second-order valence-electron chi connectivity index (χ2n) is 7.62. The van der Waals surface area contributed by atoms with E-state index in [1.54, 1.807) is 31.2 Å². The van der Waals surface area contributed by atoms with Crippen molar-refractivity contribution >= 4 is 16.9 Å². The maximum Gasteiger partial charge on any atom is 0.347 e. The van der Waals surface area contributed by atoms with E-state index in [0.717, 1.165) is 12.0 Å². The lowest BCUT2D eigenvalue weighted by Gasteiger charge is -2.15. The Labute approximate surface area is 175 Å². The van der Waals surface area contributed by atoms with Crippen molar-refractivity contribution in [1.82, 2.24) is 0 Å². The van der Waals surface area contributed by atoms with Gasteiger partial charge in [-0.15, -0.1) is 0 Å². The number of carbonyl (C=O) groups excluding carboxylic acids is 1. The van der Waals surface area contributed by atoms with Crippen molar-refractivity contribution in [3.05, 3.63) is 64.5 Å². The Morgan fingerprint density at radius 3 is 2.60 bits per heavy atom. The van der Waals surface area contributed by atoms with Gasteiger partial charge in [-0.05, 0) is 56.0 Å². The van der Waals surface area contributed by atoms with Gasteiger partial charge in [0.15, 0.2) is 6.10 Å². The van der Waals surface area contributed by atoms with E-state index in [4.69, 9.17) is 18.6 Å². The molecule has 0 aliphatic heterocycles. The number of hydrogen-bond donors (Lipinski definition) is 0. The number of fused-ring (bicyclic) bond motifs is 1. The molecule has 0 aliphatic carbocycles. The Morgan fingerprint density at radius 1 is 1.07 bits per heavy atom. The number of ether oxygens (including phenoxy) is 3. The molecule has 158 valence electrons. The molecule has 30 heavy (non-hydrogen) atoms. The minimum atomic E-state index is -0.773. The summed E-state index contributed by atoms with van der Waals surface area (Å²) in [5, 5.41) is 0.361. The van der Waals surface area contributed by atoms with E-state index in [2.05, 4.69) is 13.8 Å². The van der Waals surface area contributed by atoms with Crippen LogP contribution >= 0.6 is 0 Å². The van der Waals surface area contributed by atoms with Crippen molar-refractivity contribution < 1.29 is 23.4 Å². The van der Waals surface area contributed by atoms with Crippen molar-refractivity contribution in [3.63, 3.8) is 0 Å². The average Bonchev–Trinajstić information content (AvgIpc) is 2.70. The zero-order valence-corrected chi connectivity index (χ0v) is 17.6. The lowest BCUT2D eigenvalue weighted by Crippen LogP contribution is -2.26. The first kappa shape index (κ1) is 21.4. The van der Waals surface area contributed by atoms with Gasteiger partial charge in [-0.1, -0.05) is 26.0 Å². The zero-order chi connectivity index (χ0) is 21.7. The summed E-state index contributed by atoms with van der Waals surface area (Å²) in [4.78, 5) is 24.8. The van der Waals surface area contributed by atoms with Gasteiger partial charge in [0.2, 0.25) is 11.2 Å². The van der Waals surface area contributed by atoms with Crippen LogP contribution in [0.4, 0.5) is 0 Å². The van der Waals surface area contributed by atoms with Crippen LogP contribution in [0.2, 0.25) is 0 Å². The summed E-state index contributed by atoms with van der Waals surface area (Å²) in [7, 11) is 0. The summed E-state index contributed by atoms with van der Waals surface area (Å²) < 4.78 is 22.1. The first-order valence-electron chi connectivity index (χ1n) is 9.97. The lowest BCUT2D eigenvalue weighted by molar-refractivity contribution is -0.151. The maximum atomic E-state index is 12.7. The highest BCUT2D eigenvalue weighted by atomic mass is 16.6. The van der Waals surface area contributed by atoms with Crippen LogP contribution in [0.15, 0.2) is 57.9 Å². The third kappa shape index (κ3) is 5.41. The fraction of sp³-hybridized carbons (Fsp3) is 0.333. The van der Waals surface area contributed by atoms with E-state index in [1.807, 2.05) is 25.1 Å². The van der Waals surface area contributed by atoms with Crippen LogP contribution in [-0.2, 0) is 9.53 Å². The summed E-state index contributed by atoms with van der Waals surface area (Å²) in [6, 6.07) is 12.2. The van der Waals surface area contributed by atoms with Gasteiger partial charge in [-0.2, -0.15) is 0 Å². The Balaban J connectivity index is 1.72. The molecule has 0 amide bonds. The van der Waals surface area contributed by atoms with Crippen LogP contribution in [0.25, 0.3) is 11.0 Å². The topological polar surface area (TPSA) is 75.0 Å². The van der Waals surface area contributed by atoms with Crippen molar-refractivity contribution in [1.29, 1.82) is 0 Å². The molecule has 3 aromatic rings. The van der Waals surface area contributed by atoms with Gasteiger partial charge in [0, 0.05) is 6.07 Å². The van der Waals surface area contributed by atoms with Crippen LogP contribution in [0.5, 0.6) is 17.2 Å². The Morgan fingerprint density at radius 2 is 1.87 bits per heavy atom. The number of rotatable bonds is 8. The number of benzene rings is 2. The van der Waals surface area contributed by atoms with Gasteiger partial charge >= 0.3 is 5.97 Å². The smallest absolute Gasteiger partial charge is 0.347 e. The predicted octanol–water partition coefficient (Wildman–Crippen LogP) is 5.25. The molecule has 0 bridgehead atoms. The molecule has 0 fully saturated rings. The largest absolute Gasteiger partial charge is 0.479 e. The SMILES string of the molecule is Cc1cccc(Oc2coc3cc(O[C@H](C)C(=O)OCCC(C)C)ccc3c2=O)c1. The molecular formula is C24H26O6. The molecule has 0 saturated heterocycles. The summed E-state index contributed by atoms with van der Waals surface area (Å²) in [5.41, 5.74) is 1.08. The molecule has 3 rings (SSSR count). The number of aryl methyl sites for hydroxylation is 1. The number of hydrogen-bond acceptors (Lipinski definition) is 6. The van der Waals surface area contributed by atoms with Crippen LogP contribution in [0.3, 0.4) is 0 Å². The number of carbonyl (C=O) groups is 1. The first-order valence-corrected chi connectivity index (χ1v) is 9.97. The molecule has 1 heterocycles. The molecular weight excluding hydrogens is 384 g/mol. The second kappa shape index (κ2) is 9.48. The molecule has 0 aliphatic rings. The minimum absolute atomic E-state index is 0.101. The summed E-state index contributed by atoms with van der Waals surface area (Å²) in [6.07, 6.45) is 1.30. The highest BCUT2D eigenvalue weighted by Crippen LogP contribution is 2.25. The van der Waals surface area contributed by atoms with Crippen molar-refractivity contribution in [2.45, 2.75) is 40.2 Å². The molecule has 1 atom stereocenters. The highest BCUT2D eigenvalue weighted by Gasteiger charge is 2.17. The molecule has 6 heteroatoms. The maximum absolute atomic E-state index is 12.7. The molecule has 0 unspecified atom stereocenters. The van der Waals surface area contributed by atoms with Crippen LogP contribution < -0.4 is 14.9 Å². The first-order chi connectivity index (χ1) is 14.3. The van der Waals surface area contributed by atoms with E-state index in [1.165, 1.54) is 6.26 Å². The molecule has 1 aromatic heterocycles. The average molecular weight is 410 g/mol. The van der Waals surface area contributed by atoms with Crippen LogP contribution in [0, 0.1) is 12.8 Å². The normalized spacial score (nSPS) is 12.0. The molecule has 0 spiro atoms. The molecule has 0 N–H and O–H groups in total. The fourth-order valence-electron chi connectivity index (χ4n) is 2.81. The third-order valence-corrected chi connectivity index (χ3v) is 4.52. The van der Waals surface area contributed by atoms with Gasteiger partial charge in [-0.3, -0.25) is 4.79 Å². The Bertz CT molecular complexity index is 1080. The van der Waals surface area contributed by atoms with E-state index in [-0.39, 0.29) is 11.2 Å². The van der Waals surface area contributed by atoms with Crippen LogP contribution in [0.1, 0.15) is 32.8 Å². The van der Waals surface area contributed by atoms with E-state index in [9.17, 15) is 9.59 Å². The molecule has 0 radical (unpaired) electrons. The molecule has 2 aromatic carbocycles. The standard InChI is InChI=1S/C24H26O6/c1-15(2)10-11-27-24(26)17(4)29-19-8-9-20-21(13-19)28-14-22(23(20)25)30-18-7-5-6-16(3)12-18/h5-9,12-15,17H,10-11H2,1-4H3/t17-/m1/s1. The van der Waals surface area contributed by atoms with Crippen molar-refractivity contribution in [2.24, 2.45) is 5.92 Å². The van der Waals surface area contributed by atoms with Crippen molar-refractivity contribution in [2.75, 3.05) is 6.61 Å². The minimum Gasteiger partial charge on any atom is -0.479 e. The summed E-state index contributed by atoms with van der Waals surface area (Å²) >= 11 is 0. The summed E-state index contributed by atoms with van der Waals surface area (Å²) in [5.74, 6) is 1.10. The van der Waals surface area contributed by atoms with Crippen molar-refractivity contribution in [3.8, 4) is 17.2 Å². The van der Waals surface area contributed by atoms with Crippen LogP contribution in [-0.4, -0.2) is 18.7 Å². The monoisotopic (exact) mass is 410 g/mol. The van der Waals surface area contributed by atoms with Gasteiger partial charge in [0.1, 0.15) is 23.3 Å². The van der Waals surface area contributed by atoms with E-state index >= 15 is 0 Å². The Hall–Kier alpha value is -3.28. The quantitative estimate of drug-likeness (QED) is 0.472. The van der Waals surface area contributed by atoms with Gasteiger partial charge < -0.3 is 18.6 Å². The predicted molar refractivity (Wildman–Crippen MR) is 114 cm³/mol. The molecule has 6 nitrogen and oxygen atoms in total. The zero-order valence-electron chi connectivity index (χ0n) is 17.6. The van der Waals surface area contributed by atoms with E-state index < -0.39 is 12.1 Å². The number of esters is 1. The second-order valence-corrected chi connectivity index (χ2v) is 7.62. The molecule has 0 saturated carbocycles. The van der Waals surface area contributed by atoms with Gasteiger partial charge in [0.05, 0.1) is 12.0 Å². The third-order valence-electron chi connectivity index (χ3n) is 4.52. The summed E-state index contributed by atoms with van der Waals surface area (Å²) in [6.45, 7) is 8.05. The van der Waals surface area contributed by atoms with Gasteiger partial charge in [0.25, 0.3) is 0 Å². The van der Waals surface area contributed by atoms with Gasteiger partial charge in [-0.25, -0.2) is 4.79 Å². The lowest BCUT2D eigenvalue weighted by atomic mass is 10.1. The fourth-order valence-corrected chi connectivity index (χ4v) is 2.81.